The number of amides is 4. The molecule has 4 rings (SSSR count). The molecule has 1 aliphatic carbocycles. The van der Waals surface area contributed by atoms with Crippen LogP contribution in [0.15, 0.2) is 24.3 Å². The fourth-order valence-corrected chi connectivity index (χ4v) is 4.63. The van der Waals surface area contributed by atoms with Gasteiger partial charge in [0.15, 0.2) is 6.61 Å². The predicted octanol–water partition coefficient (Wildman–Crippen LogP) is 1.62. The van der Waals surface area contributed by atoms with Crippen molar-refractivity contribution >= 4 is 29.5 Å². The van der Waals surface area contributed by atoms with Gasteiger partial charge in [-0.3, -0.25) is 19.3 Å². The van der Waals surface area contributed by atoms with Crippen molar-refractivity contribution in [3.8, 4) is 0 Å². The van der Waals surface area contributed by atoms with Gasteiger partial charge in [-0.2, -0.15) is 0 Å². The highest BCUT2D eigenvalue weighted by Crippen LogP contribution is 2.38. The molecular weight excluding hydrogens is 374 g/mol. The van der Waals surface area contributed by atoms with E-state index in [0.717, 1.165) is 41.8 Å². The Kier molecular flexibility index (Phi) is 5.02. The van der Waals surface area contributed by atoms with Crippen molar-refractivity contribution in [2.24, 2.45) is 5.92 Å². The lowest BCUT2D eigenvalue weighted by molar-refractivity contribution is -0.151. The highest BCUT2D eigenvalue weighted by molar-refractivity contribution is 6.09. The van der Waals surface area contributed by atoms with Crippen molar-refractivity contribution in [1.82, 2.24) is 10.2 Å². The highest BCUT2D eigenvalue weighted by atomic mass is 16.5. The second-order valence-electron chi connectivity index (χ2n) is 8.02. The Morgan fingerprint density at radius 2 is 2.03 bits per heavy atom. The number of urea groups is 1. The molecule has 0 radical (unpaired) electrons. The molecule has 2 aliphatic heterocycles. The number of benzene rings is 1. The van der Waals surface area contributed by atoms with Gasteiger partial charge < -0.3 is 15.0 Å². The molecular formula is C21H25N3O5. The zero-order valence-electron chi connectivity index (χ0n) is 16.5. The molecule has 1 aromatic rings. The normalized spacial score (nSPS) is 25.9. The number of hydrogen-bond donors (Lipinski definition) is 1. The van der Waals surface area contributed by atoms with Crippen LogP contribution in [0.1, 0.15) is 38.2 Å². The first-order valence-electron chi connectivity index (χ1n) is 10.1. The summed E-state index contributed by atoms with van der Waals surface area (Å²) in [7, 11) is 0. The molecule has 1 spiro atoms. The zero-order valence-corrected chi connectivity index (χ0v) is 16.5. The molecule has 1 saturated heterocycles. The summed E-state index contributed by atoms with van der Waals surface area (Å²) in [5, 5.41) is 2.80. The van der Waals surface area contributed by atoms with Crippen molar-refractivity contribution in [3.63, 3.8) is 0 Å². The predicted molar refractivity (Wildman–Crippen MR) is 104 cm³/mol. The Balaban J connectivity index is 1.34. The average molecular weight is 399 g/mol. The molecule has 0 unspecified atom stereocenters. The summed E-state index contributed by atoms with van der Waals surface area (Å²) >= 11 is 0. The Morgan fingerprint density at radius 1 is 1.24 bits per heavy atom. The van der Waals surface area contributed by atoms with Crippen LogP contribution < -0.4 is 10.2 Å². The monoisotopic (exact) mass is 399 g/mol. The van der Waals surface area contributed by atoms with Crippen LogP contribution in [0, 0.1) is 5.92 Å². The van der Waals surface area contributed by atoms with Gasteiger partial charge in [0.1, 0.15) is 12.1 Å². The fourth-order valence-electron chi connectivity index (χ4n) is 4.63. The van der Waals surface area contributed by atoms with E-state index in [1.54, 1.807) is 4.90 Å². The minimum Gasteiger partial charge on any atom is -0.454 e. The molecule has 2 atom stereocenters. The number of fused-ring (bicyclic) bond motifs is 1. The number of para-hydroxylation sites is 1. The third kappa shape index (κ3) is 3.36. The molecule has 8 nitrogen and oxygen atoms in total. The smallest absolute Gasteiger partial charge is 0.326 e. The van der Waals surface area contributed by atoms with E-state index in [-0.39, 0.29) is 17.7 Å². The summed E-state index contributed by atoms with van der Waals surface area (Å²) < 4.78 is 5.09. The fraction of sp³-hybridized carbons (Fsp3) is 0.524. The molecule has 4 amide bonds. The summed E-state index contributed by atoms with van der Waals surface area (Å²) in [5.74, 6) is -1.44. The Hall–Kier alpha value is -2.90. The van der Waals surface area contributed by atoms with Gasteiger partial charge in [0.2, 0.25) is 0 Å². The van der Waals surface area contributed by atoms with Crippen LogP contribution in [0.25, 0.3) is 0 Å². The average Bonchev–Trinajstić information content (AvgIpc) is 3.24. The minimum absolute atomic E-state index is 0.0190. The van der Waals surface area contributed by atoms with E-state index in [4.69, 9.17) is 4.74 Å². The second-order valence-corrected chi connectivity index (χ2v) is 8.02. The number of ether oxygens (including phenoxy) is 1. The maximum atomic E-state index is 12.9. The van der Waals surface area contributed by atoms with Crippen LogP contribution in [-0.4, -0.2) is 54.0 Å². The molecule has 1 aromatic carbocycles. The van der Waals surface area contributed by atoms with Gasteiger partial charge in [0, 0.05) is 12.2 Å². The van der Waals surface area contributed by atoms with Gasteiger partial charge in [-0.1, -0.05) is 38.0 Å². The third-order valence-electron chi connectivity index (χ3n) is 6.33. The molecule has 29 heavy (non-hydrogen) atoms. The number of rotatable bonds is 4. The van der Waals surface area contributed by atoms with E-state index in [1.165, 1.54) is 0 Å². The third-order valence-corrected chi connectivity index (χ3v) is 6.33. The van der Waals surface area contributed by atoms with E-state index in [1.807, 2.05) is 31.2 Å². The Labute approximate surface area is 169 Å². The van der Waals surface area contributed by atoms with Gasteiger partial charge in [-0.25, -0.2) is 4.79 Å². The zero-order chi connectivity index (χ0) is 20.6. The highest BCUT2D eigenvalue weighted by Gasteiger charge is 2.55. The number of esters is 1. The summed E-state index contributed by atoms with van der Waals surface area (Å²) in [6.07, 6.45) is 4.09. The van der Waals surface area contributed by atoms with E-state index in [0.29, 0.717) is 13.0 Å². The molecule has 0 bridgehead atoms. The van der Waals surface area contributed by atoms with Crippen LogP contribution in [0.2, 0.25) is 0 Å². The lowest BCUT2D eigenvalue weighted by Gasteiger charge is -2.36. The number of hydrogen-bond acceptors (Lipinski definition) is 5. The van der Waals surface area contributed by atoms with Crippen molar-refractivity contribution in [2.75, 3.05) is 24.6 Å². The van der Waals surface area contributed by atoms with Crippen LogP contribution in [0.3, 0.4) is 0 Å². The SMILES string of the molecule is C[C@H]1CCCC[C@@]12NC(=O)N(CC(=O)OCC(=O)N1CCc3ccccc31)C2=O. The Morgan fingerprint density at radius 3 is 2.83 bits per heavy atom. The standard InChI is InChI=1S/C21H25N3O5/c1-14-6-4-5-10-21(14)19(27)24(20(28)22-21)12-18(26)29-13-17(25)23-11-9-15-7-2-3-8-16(15)23/h2-3,7-8,14H,4-6,9-13H2,1H3,(H,22,28)/t14-,21+/m0/s1. The number of anilines is 1. The number of carbonyl (C=O) groups is 4. The van der Waals surface area contributed by atoms with Gasteiger partial charge in [0.05, 0.1) is 0 Å². The largest absolute Gasteiger partial charge is 0.454 e. The molecule has 3 aliphatic rings. The number of carbonyl (C=O) groups excluding carboxylic acids is 4. The van der Waals surface area contributed by atoms with Gasteiger partial charge in [-0.15, -0.1) is 0 Å². The molecule has 8 heteroatoms. The van der Waals surface area contributed by atoms with E-state index in [9.17, 15) is 19.2 Å². The lowest BCUT2D eigenvalue weighted by Crippen LogP contribution is -2.54. The first kappa shape index (κ1) is 19.4. The van der Waals surface area contributed by atoms with Gasteiger partial charge in [0.25, 0.3) is 11.8 Å². The molecule has 2 fully saturated rings. The van der Waals surface area contributed by atoms with Crippen LogP contribution >= 0.6 is 0 Å². The number of nitrogens with zero attached hydrogens (tertiary/aromatic N) is 2. The van der Waals surface area contributed by atoms with Gasteiger partial charge in [-0.05, 0) is 36.8 Å². The summed E-state index contributed by atoms with van der Waals surface area (Å²) in [4.78, 5) is 52.4. The summed E-state index contributed by atoms with van der Waals surface area (Å²) in [6.45, 7) is 1.59. The minimum atomic E-state index is -0.912. The first-order chi connectivity index (χ1) is 13.9. The summed E-state index contributed by atoms with van der Waals surface area (Å²) in [5.41, 5.74) is 0.999. The number of nitrogens with one attached hydrogen (secondary N) is 1. The second kappa shape index (κ2) is 7.50. The van der Waals surface area contributed by atoms with Gasteiger partial charge >= 0.3 is 12.0 Å². The molecule has 2 heterocycles. The van der Waals surface area contributed by atoms with E-state index in [2.05, 4.69) is 5.32 Å². The molecule has 1 N–H and O–H groups in total. The van der Waals surface area contributed by atoms with Crippen molar-refractivity contribution in [3.05, 3.63) is 29.8 Å². The molecule has 154 valence electrons. The summed E-state index contributed by atoms with van der Waals surface area (Å²) in [6, 6.07) is 7.04. The van der Waals surface area contributed by atoms with Crippen molar-refractivity contribution in [2.45, 2.75) is 44.6 Å². The van der Waals surface area contributed by atoms with Crippen LogP contribution in [0.5, 0.6) is 0 Å². The first-order valence-corrected chi connectivity index (χ1v) is 10.1. The van der Waals surface area contributed by atoms with Crippen molar-refractivity contribution in [1.29, 1.82) is 0 Å². The molecule has 0 aromatic heterocycles. The quantitative estimate of drug-likeness (QED) is 0.613. The van der Waals surface area contributed by atoms with Crippen LogP contribution in [0.4, 0.5) is 10.5 Å². The maximum Gasteiger partial charge on any atom is 0.326 e. The Bertz CT molecular complexity index is 870. The number of imide groups is 1. The van der Waals surface area contributed by atoms with Crippen LogP contribution in [-0.2, 0) is 25.5 Å². The molecule has 1 saturated carbocycles. The topological polar surface area (TPSA) is 96.0 Å². The van der Waals surface area contributed by atoms with E-state index < -0.39 is 30.7 Å². The van der Waals surface area contributed by atoms with Crippen molar-refractivity contribution < 1.29 is 23.9 Å². The maximum absolute atomic E-state index is 12.9. The lowest BCUT2D eigenvalue weighted by atomic mass is 9.73. The van der Waals surface area contributed by atoms with E-state index >= 15 is 0 Å².